The molecule has 0 aliphatic rings. The minimum Gasteiger partial charge on any atom is -0.356 e. The van der Waals surface area contributed by atoms with Crippen LogP contribution in [0.5, 0.6) is 0 Å². The predicted molar refractivity (Wildman–Crippen MR) is 58.3 cm³/mol. The summed E-state index contributed by atoms with van der Waals surface area (Å²) in [5.74, 6) is 0.852. The highest BCUT2D eigenvalue weighted by Crippen LogP contribution is 2.28. The van der Waals surface area contributed by atoms with E-state index in [0.717, 1.165) is 23.4 Å². The van der Waals surface area contributed by atoms with Gasteiger partial charge in [0.1, 0.15) is 17.3 Å². The minimum absolute atomic E-state index is 0.455. The summed E-state index contributed by atoms with van der Waals surface area (Å²) < 4.78 is 0.764. The molecule has 0 aromatic carbocycles. The lowest BCUT2D eigenvalue weighted by atomic mass is 10.4. The molecular weight excluding hydrogens is 253 g/mol. The molecular formula is C8H11BrClN3. The van der Waals surface area contributed by atoms with E-state index < -0.39 is 0 Å². The Hall–Kier alpha value is -0.350. The highest BCUT2D eigenvalue weighted by molar-refractivity contribution is 9.10. The molecule has 5 heteroatoms. The Balaban J connectivity index is 3.05. The molecule has 0 saturated carbocycles. The lowest BCUT2D eigenvalue weighted by Gasteiger charge is -2.20. The number of halogens is 2. The fourth-order valence-electron chi connectivity index (χ4n) is 1.08. The normalized spacial score (nSPS) is 10.2. The maximum Gasteiger partial charge on any atom is 0.148 e. The predicted octanol–water partition coefficient (Wildman–Crippen LogP) is 2.74. The summed E-state index contributed by atoms with van der Waals surface area (Å²) in [5, 5.41) is 0.455. The Morgan fingerprint density at radius 2 is 2.00 bits per heavy atom. The van der Waals surface area contributed by atoms with Crippen LogP contribution in [0.15, 0.2) is 10.8 Å². The molecule has 1 aromatic heterocycles. The first-order chi connectivity index (χ1) is 6.20. The van der Waals surface area contributed by atoms with Gasteiger partial charge in [0, 0.05) is 13.1 Å². The van der Waals surface area contributed by atoms with Gasteiger partial charge in [0.05, 0.1) is 4.47 Å². The quantitative estimate of drug-likeness (QED) is 0.786. The van der Waals surface area contributed by atoms with Gasteiger partial charge in [-0.2, -0.15) is 0 Å². The molecule has 1 aromatic rings. The van der Waals surface area contributed by atoms with E-state index in [-0.39, 0.29) is 0 Å². The van der Waals surface area contributed by atoms with Gasteiger partial charge in [0.25, 0.3) is 0 Å². The second-order valence-corrected chi connectivity index (χ2v) is 3.63. The molecule has 0 atom stereocenters. The number of hydrogen-bond donors (Lipinski definition) is 0. The first-order valence-electron chi connectivity index (χ1n) is 4.11. The Morgan fingerprint density at radius 1 is 1.38 bits per heavy atom. The molecule has 1 rings (SSSR count). The van der Waals surface area contributed by atoms with Crippen molar-refractivity contribution in [3.8, 4) is 0 Å². The Morgan fingerprint density at radius 3 is 2.54 bits per heavy atom. The van der Waals surface area contributed by atoms with Crippen molar-refractivity contribution in [1.29, 1.82) is 0 Å². The smallest absolute Gasteiger partial charge is 0.148 e. The van der Waals surface area contributed by atoms with Gasteiger partial charge < -0.3 is 4.90 Å². The summed E-state index contributed by atoms with van der Waals surface area (Å²) in [6.07, 6.45) is 1.47. The lowest BCUT2D eigenvalue weighted by Crippen LogP contribution is -2.23. The zero-order chi connectivity index (χ0) is 9.84. The minimum atomic E-state index is 0.455. The highest BCUT2D eigenvalue weighted by atomic mass is 79.9. The molecule has 3 nitrogen and oxygen atoms in total. The lowest BCUT2D eigenvalue weighted by molar-refractivity contribution is 0.837. The first-order valence-corrected chi connectivity index (χ1v) is 5.28. The number of nitrogens with zero attached hydrogens (tertiary/aromatic N) is 3. The largest absolute Gasteiger partial charge is 0.356 e. The van der Waals surface area contributed by atoms with Crippen LogP contribution in [0.2, 0.25) is 5.15 Å². The fraction of sp³-hybridized carbons (Fsp3) is 0.500. The average molecular weight is 265 g/mol. The zero-order valence-corrected chi connectivity index (χ0v) is 9.93. The monoisotopic (exact) mass is 263 g/mol. The third-order valence-corrected chi connectivity index (χ3v) is 3.04. The van der Waals surface area contributed by atoms with Crippen LogP contribution in [0.4, 0.5) is 5.82 Å². The molecule has 0 unspecified atom stereocenters. The molecule has 0 bridgehead atoms. The maximum absolute atomic E-state index is 5.85. The van der Waals surface area contributed by atoms with Crippen molar-refractivity contribution < 1.29 is 0 Å². The van der Waals surface area contributed by atoms with Crippen LogP contribution >= 0.6 is 27.5 Å². The number of rotatable bonds is 3. The van der Waals surface area contributed by atoms with Gasteiger partial charge in [0.2, 0.25) is 0 Å². The third-order valence-electron chi connectivity index (χ3n) is 1.79. The fourth-order valence-corrected chi connectivity index (χ4v) is 1.67. The standard InChI is InChI=1S/C8H11BrClN3/c1-3-13(4-2)8-6(9)7(10)11-5-12-8/h5H,3-4H2,1-2H3. The summed E-state index contributed by atoms with van der Waals surface area (Å²) >= 11 is 9.21. The van der Waals surface area contributed by atoms with E-state index in [4.69, 9.17) is 11.6 Å². The van der Waals surface area contributed by atoms with Gasteiger partial charge in [-0.25, -0.2) is 9.97 Å². The van der Waals surface area contributed by atoms with Crippen molar-refractivity contribution >= 4 is 33.3 Å². The van der Waals surface area contributed by atoms with Crippen LogP contribution in [0.25, 0.3) is 0 Å². The Bertz CT molecular complexity index is 289. The summed E-state index contributed by atoms with van der Waals surface area (Å²) in [6, 6.07) is 0. The number of anilines is 1. The van der Waals surface area contributed by atoms with E-state index >= 15 is 0 Å². The van der Waals surface area contributed by atoms with Crippen molar-refractivity contribution in [3.05, 3.63) is 16.0 Å². The Kier molecular flexibility index (Phi) is 3.93. The molecule has 0 saturated heterocycles. The van der Waals surface area contributed by atoms with E-state index in [2.05, 4.69) is 44.6 Å². The van der Waals surface area contributed by atoms with Crippen molar-refractivity contribution in [3.63, 3.8) is 0 Å². The zero-order valence-electron chi connectivity index (χ0n) is 7.59. The van der Waals surface area contributed by atoms with Gasteiger partial charge in [-0.05, 0) is 29.8 Å². The number of hydrogen-bond acceptors (Lipinski definition) is 3. The second kappa shape index (κ2) is 4.77. The van der Waals surface area contributed by atoms with Crippen LogP contribution in [0.1, 0.15) is 13.8 Å². The van der Waals surface area contributed by atoms with Crippen LogP contribution in [-0.2, 0) is 0 Å². The molecule has 0 radical (unpaired) electrons. The van der Waals surface area contributed by atoms with Crippen molar-refractivity contribution in [2.45, 2.75) is 13.8 Å². The second-order valence-electron chi connectivity index (χ2n) is 2.47. The van der Waals surface area contributed by atoms with E-state index in [1.54, 1.807) is 0 Å². The van der Waals surface area contributed by atoms with Crippen LogP contribution in [-0.4, -0.2) is 23.1 Å². The molecule has 0 spiro atoms. The van der Waals surface area contributed by atoms with Gasteiger partial charge in [0.15, 0.2) is 0 Å². The summed E-state index contributed by atoms with van der Waals surface area (Å²) in [7, 11) is 0. The van der Waals surface area contributed by atoms with Crippen LogP contribution in [0, 0.1) is 0 Å². The van der Waals surface area contributed by atoms with Crippen LogP contribution in [0.3, 0.4) is 0 Å². The van der Waals surface area contributed by atoms with Crippen LogP contribution < -0.4 is 4.90 Å². The van der Waals surface area contributed by atoms with E-state index in [9.17, 15) is 0 Å². The van der Waals surface area contributed by atoms with E-state index in [0.29, 0.717) is 5.15 Å². The third kappa shape index (κ3) is 2.31. The molecule has 72 valence electrons. The molecule has 0 amide bonds. The molecule has 0 N–H and O–H groups in total. The summed E-state index contributed by atoms with van der Waals surface area (Å²) in [4.78, 5) is 10.1. The van der Waals surface area contributed by atoms with Gasteiger partial charge >= 0.3 is 0 Å². The van der Waals surface area contributed by atoms with Gasteiger partial charge in [-0.3, -0.25) is 0 Å². The maximum atomic E-state index is 5.85. The van der Waals surface area contributed by atoms with Gasteiger partial charge in [-0.1, -0.05) is 11.6 Å². The van der Waals surface area contributed by atoms with Gasteiger partial charge in [-0.15, -0.1) is 0 Å². The van der Waals surface area contributed by atoms with E-state index in [1.807, 2.05) is 0 Å². The SMILES string of the molecule is CCN(CC)c1ncnc(Cl)c1Br. The van der Waals surface area contributed by atoms with Crippen molar-refractivity contribution in [1.82, 2.24) is 9.97 Å². The summed E-state index contributed by atoms with van der Waals surface area (Å²) in [6.45, 7) is 5.96. The summed E-state index contributed by atoms with van der Waals surface area (Å²) in [5.41, 5.74) is 0. The molecule has 1 heterocycles. The number of aromatic nitrogens is 2. The van der Waals surface area contributed by atoms with Crippen molar-refractivity contribution in [2.75, 3.05) is 18.0 Å². The average Bonchev–Trinajstić information content (AvgIpc) is 2.14. The Labute approximate surface area is 91.3 Å². The molecule has 0 aliphatic heterocycles. The highest BCUT2D eigenvalue weighted by Gasteiger charge is 2.11. The van der Waals surface area contributed by atoms with Crippen molar-refractivity contribution in [2.24, 2.45) is 0 Å². The first kappa shape index (κ1) is 10.7. The molecule has 0 aliphatic carbocycles. The molecule has 13 heavy (non-hydrogen) atoms. The van der Waals surface area contributed by atoms with E-state index in [1.165, 1.54) is 6.33 Å². The molecule has 0 fully saturated rings. The topological polar surface area (TPSA) is 29.0 Å².